The Hall–Kier alpha value is -2.90. The Kier molecular flexibility index (Phi) is 5.29. The third-order valence-corrected chi connectivity index (χ3v) is 3.08. The summed E-state index contributed by atoms with van der Waals surface area (Å²) in [5.41, 5.74) is 0.805. The second kappa shape index (κ2) is 7.39. The first kappa shape index (κ1) is 16.5. The fourth-order valence-corrected chi connectivity index (χ4v) is 1.87. The Morgan fingerprint density at radius 1 is 1.30 bits per heavy atom. The lowest BCUT2D eigenvalue weighted by Gasteiger charge is -2.15. The molecule has 1 heterocycles. The van der Waals surface area contributed by atoms with Crippen LogP contribution in [-0.4, -0.2) is 36.0 Å². The molecule has 3 amide bonds. The summed E-state index contributed by atoms with van der Waals surface area (Å²) in [7, 11) is 0. The normalized spacial score (nSPS) is 18.0. The monoisotopic (exact) mass is 320 g/mol. The first-order valence-electron chi connectivity index (χ1n) is 6.97. The average molecular weight is 320 g/mol. The van der Waals surface area contributed by atoms with E-state index < -0.39 is 36.0 Å². The smallest absolute Gasteiger partial charge is 0.408 e. The number of carbonyl (C=O) groups is 4. The summed E-state index contributed by atoms with van der Waals surface area (Å²) in [5, 5.41) is 4.32. The molecule has 23 heavy (non-hydrogen) atoms. The maximum Gasteiger partial charge on any atom is 0.408 e. The van der Waals surface area contributed by atoms with Crippen molar-refractivity contribution in [3.8, 4) is 0 Å². The number of esters is 1. The standard InChI is InChI=1S/C15H16N2O6/c1-9(14(20)23-11-7-12(18)17-13(11)19)16-15(21)22-8-10-5-3-2-4-6-10/h2-6,9,11H,7-8H2,1H3,(H,16,21)(H,17,18,19)/t9-,11+/m0/s1. The quantitative estimate of drug-likeness (QED) is 0.595. The Morgan fingerprint density at radius 2 is 2.00 bits per heavy atom. The van der Waals surface area contributed by atoms with Crippen LogP contribution in [0.15, 0.2) is 30.3 Å². The molecule has 122 valence electrons. The van der Waals surface area contributed by atoms with E-state index in [4.69, 9.17) is 9.47 Å². The highest BCUT2D eigenvalue weighted by molar-refractivity contribution is 6.05. The molecule has 0 unspecified atom stereocenters. The van der Waals surface area contributed by atoms with Crippen LogP contribution < -0.4 is 10.6 Å². The molecular formula is C15H16N2O6. The highest BCUT2D eigenvalue weighted by Crippen LogP contribution is 2.08. The van der Waals surface area contributed by atoms with E-state index in [9.17, 15) is 19.2 Å². The SMILES string of the molecule is C[C@H](NC(=O)OCc1ccccc1)C(=O)O[C@@H]1CC(=O)NC1=O. The van der Waals surface area contributed by atoms with Gasteiger partial charge in [-0.2, -0.15) is 0 Å². The number of nitrogens with one attached hydrogen (secondary N) is 2. The summed E-state index contributed by atoms with van der Waals surface area (Å²) in [6.45, 7) is 1.45. The minimum atomic E-state index is -1.15. The summed E-state index contributed by atoms with van der Waals surface area (Å²) in [6.07, 6.45) is -2.15. The molecule has 8 heteroatoms. The predicted octanol–water partition coefficient (Wildman–Crippen LogP) is 0.260. The molecule has 1 fully saturated rings. The van der Waals surface area contributed by atoms with Crippen LogP contribution in [0.4, 0.5) is 4.79 Å². The highest BCUT2D eigenvalue weighted by atomic mass is 16.6. The number of ether oxygens (including phenoxy) is 2. The Labute approximate surface area is 132 Å². The Bertz CT molecular complexity index is 616. The van der Waals surface area contributed by atoms with Gasteiger partial charge < -0.3 is 14.8 Å². The zero-order valence-electron chi connectivity index (χ0n) is 12.4. The third kappa shape index (κ3) is 4.80. The largest absolute Gasteiger partial charge is 0.450 e. The van der Waals surface area contributed by atoms with Crippen LogP contribution in [0.2, 0.25) is 0 Å². The molecule has 0 radical (unpaired) electrons. The fourth-order valence-electron chi connectivity index (χ4n) is 1.87. The van der Waals surface area contributed by atoms with Crippen molar-refractivity contribution in [3.05, 3.63) is 35.9 Å². The molecule has 2 atom stereocenters. The predicted molar refractivity (Wildman–Crippen MR) is 76.9 cm³/mol. The topological polar surface area (TPSA) is 111 Å². The summed E-state index contributed by atoms with van der Waals surface area (Å²) in [5.74, 6) is -1.99. The number of rotatable bonds is 5. The van der Waals surface area contributed by atoms with Gasteiger partial charge in [-0.1, -0.05) is 30.3 Å². The summed E-state index contributed by atoms with van der Waals surface area (Å²) < 4.78 is 9.84. The van der Waals surface area contributed by atoms with Gasteiger partial charge in [0, 0.05) is 0 Å². The lowest BCUT2D eigenvalue weighted by Crippen LogP contribution is -2.42. The zero-order chi connectivity index (χ0) is 16.8. The van der Waals surface area contributed by atoms with Gasteiger partial charge in [0.1, 0.15) is 12.6 Å². The van der Waals surface area contributed by atoms with Crippen molar-refractivity contribution in [1.29, 1.82) is 0 Å². The second-order valence-electron chi connectivity index (χ2n) is 4.97. The molecule has 1 saturated heterocycles. The van der Waals surface area contributed by atoms with Crippen LogP contribution >= 0.6 is 0 Å². The van der Waals surface area contributed by atoms with Crippen molar-refractivity contribution in [2.45, 2.75) is 32.1 Å². The number of benzene rings is 1. The van der Waals surface area contributed by atoms with Gasteiger partial charge in [0.2, 0.25) is 5.91 Å². The Morgan fingerprint density at radius 3 is 2.61 bits per heavy atom. The van der Waals surface area contributed by atoms with Crippen LogP contribution in [0, 0.1) is 0 Å². The first-order chi connectivity index (χ1) is 11.0. The molecule has 2 N–H and O–H groups in total. The third-order valence-electron chi connectivity index (χ3n) is 3.08. The van der Waals surface area contributed by atoms with Gasteiger partial charge in [0.15, 0.2) is 6.10 Å². The van der Waals surface area contributed by atoms with E-state index in [1.54, 1.807) is 12.1 Å². The number of carbonyl (C=O) groups excluding carboxylic acids is 4. The van der Waals surface area contributed by atoms with Gasteiger partial charge in [-0.3, -0.25) is 14.9 Å². The molecule has 0 aliphatic carbocycles. The van der Waals surface area contributed by atoms with Gasteiger partial charge in [-0.15, -0.1) is 0 Å². The van der Waals surface area contributed by atoms with E-state index in [1.807, 2.05) is 23.5 Å². The molecule has 0 aromatic heterocycles. The molecule has 1 aliphatic rings. The minimum absolute atomic E-state index is 0.0635. The maximum absolute atomic E-state index is 11.8. The maximum atomic E-state index is 11.8. The molecule has 0 spiro atoms. The Balaban J connectivity index is 1.75. The van der Waals surface area contributed by atoms with E-state index in [2.05, 4.69) is 5.32 Å². The second-order valence-corrected chi connectivity index (χ2v) is 4.97. The molecular weight excluding hydrogens is 304 g/mol. The van der Waals surface area contributed by atoms with Gasteiger partial charge in [-0.25, -0.2) is 9.59 Å². The summed E-state index contributed by atoms with van der Waals surface area (Å²) in [4.78, 5) is 45.7. The van der Waals surface area contributed by atoms with E-state index in [-0.39, 0.29) is 13.0 Å². The first-order valence-corrected chi connectivity index (χ1v) is 6.97. The molecule has 8 nitrogen and oxygen atoms in total. The highest BCUT2D eigenvalue weighted by Gasteiger charge is 2.35. The van der Waals surface area contributed by atoms with Crippen LogP contribution in [0.3, 0.4) is 0 Å². The molecule has 2 rings (SSSR count). The van der Waals surface area contributed by atoms with Crippen molar-refractivity contribution in [2.24, 2.45) is 0 Å². The number of alkyl carbamates (subject to hydrolysis) is 1. The van der Waals surface area contributed by atoms with Crippen LogP contribution in [-0.2, 0) is 30.5 Å². The van der Waals surface area contributed by atoms with E-state index in [0.717, 1.165) is 5.56 Å². The van der Waals surface area contributed by atoms with E-state index >= 15 is 0 Å². The van der Waals surface area contributed by atoms with Crippen LogP contribution in [0.1, 0.15) is 18.9 Å². The molecule has 1 aromatic rings. The summed E-state index contributed by atoms with van der Waals surface area (Å²) >= 11 is 0. The number of imide groups is 1. The van der Waals surface area contributed by atoms with E-state index in [1.165, 1.54) is 6.92 Å². The van der Waals surface area contributed by atoms with Gasteiger partial charge in [0.05, 0.1) is 6.42 Å². The lowest BCUT2D eigenvalue weighted by atomic mass is 10.2. The van der Waals surface area contributed by atoms with Crippen molar-refractivity contribution < 1.29 is 28.7 Å². The van der Waals surface area contributed by atoms with E-state index in [0.29, 0.717) is 0 Å². The molecule has 0 saturated carbocycles. The fraction of sp³-hybridized carbons (Fsp3) is 0.333. The molecule has 1 aliphatic heterocycles. The zero-order valence-corrected chi connectivity index (χ0v) is 12.4. The summed E-state index contributed by atoms with van der Waals surface area (Å²) in [6, 6.07) is 8.03. The number of hydrogen-bond donors (Lipinski definition) is 2. The van der Waals surface area contributed by atoms with Gasteiger partial charge in [0.25, 0.3) is 5.91 Å². The number of hydrogen-bond acceptors (Lipinski definition) is 6. The van der Waals surface area contributed by atoms with Gasteiger partial charge in [-0.05, 0) is 12.5 Å². The van der Waals surface area contributed by atoms with Crippen LogP contribution in [0.25, 0.3) is 0 Å². The number of amides is 3. The van der Waals surface area contributed by atoms with Crippen molar-refractivity contribution in [2.75, 3.05) is 0 Å². The average Bonchev–Trinajstić information content (AvgIpc) is 2.83. The van der Waals surface area contributed by atoms with Crippen molar-refractivity contribution in [3.63, 3.8) is 0 Å². The van der Waals surface area contributed by atoms with Crippen molar-refractivity contribution >= 4 is 23.9 Å². The lowest BCUT2D eigenvalue weighted by molar-refractivity contribution is -0.155. The van der Waals surface area contributed by atoms with Crippen LogP contribution in [0.5, 0.6) is 0 Å². The molecule has 1 aromatic carbocycles. The van der Waals surface area contributed by atoms with Crippen molar-refractivity contribution in [1.82, 2.24) is 10.6 Å². The van der Waals surface area contributed by atoms with Gasteiger partial charge >= 0.3 is 12.1 Å². The minimum Gasteiger partial charge on any atom is -0.450 e. The molecule has 0 bridgehead atoms.